The molecule has 1 aliphatic rings. The van der Waals surface area contributed by atoms with Gasteiger partial charge >= 0.3 is 0 Å². The second kappa shape index (κ2) is 4.61. The van der Waals surface area contributed by atoms with Crippen LogP contribution >= 0.6 is 0 Å². The molecule has 1 aliphatic carbocycles. The Morgan fingerprint density at radius 1 is 1.31 bits per heavy atom. The second-order valence-electron chi connectivity index (χ2n) is 4.41. The minimum absolute atomic E-state index is 0.135. The summed E-state index contributed by atoms with van der Waals surface area (Å²) in [5.74, 6) is 0. The molecule has 3 heteroatoms. The van der Waals surface area contributed by atoms with E-state index in [9.17, 15) is 0 Å². The van der Waals surface area contributed by atoms with Crippen LogP contribution in [0, 0.1) is 5.41 Å². The molecule has 0 unspecified atom stereocenters. The fourth-order valence-corrected chi connectivity index (χ4v) is 2.34. The van der Waals surface area contributed by atoms with Crippen LogP contribution in [0.1, 0.15) is 32.1 Å². The molecule has 0 aromatic carbocycles. The highest BCUT2D eigenvalue weighted by Crippen LogP contribution is 2.34. The molecule has 0 aromatic rings. The molecule has 3 nitrogen and oxygen atoms in total. The van der Waals surface area contributed by atoms with Gasteiger partial charge in [0, 0.05) is 12.0 Å². The van der Waals surface area contributed by atoms with E-state index in [-0.39, 0.29) is 5.41 Å². The van der Waals surface area contributed by atoms with Gasteiger partial charge in [-0.25, -0.2) is 0 Å². The third-order valence-electron chi connectivity index (χ3n) is 2.81. The topological polar surface area (TPSA) is 35.8 Å². The molecule has 0 atom stereocenters. The summed E-state index contributed by atoms with van der Waals surface area (Å²) < 4.78 is 0. The molecule has 1 fully saturated rings. The zero-order valence-electron chi connectivity index (χ0n) is 8.66. The van der Waals surface area contributed by atoms with E-state index in [1.165, 1.54) is 19.3 Å². The van der Waals surface area contributed by atoms with Gasteiger partial charge in [-0.1, -0.05) is 19.3 Å². The average molecular weight is 184 g/mol. The van der Waals surface area contributed by atoms with Crippen LogP contribution in [0.4, 0.5) is 0 Å². The van der Waals surface area contributed by atoms with Gasteiger partial charge in [0.15, 0.2) is 0 Å². The molecular weight excluding hydrogens is 164 g/mol. The summed E-state index contributed by atoms with van der Waals surface area (Å²) in [6.07, 6.45) is 7.92. The molecule has 13 heavy (non-hydrogen) atoms. The first-order valence-electron chi connectivity index (χ1n) is 5.02. The maximum atomic E-state index is 8.65. The first kappa shape index (κ1) is 10.5. The fourth-order valence-electron chi connectivity index (χ4n) is 2.34. The molecule has 0 spiro atoms. The molecule has 1 saturated carbocycles. The molecule has 76 valence electrons. The molecule has 1 N–H and O–H groups in total. The van der Waals surface area contributed by atoms with E-state index < -0.39 is 0 Å². The minimum atomic E-state index is 0.135. The zero-order chi connectivity index (χ0) is 9.73. The lowest BCUT2D eigenvalue weighted by Gasteiger charge is -2.35. The predicted octanol–water partition coefficient (Wildman–Crippen LogP) is 1.96. The van der Waals surface area contributed by atoms with Crippen LogP contribution in [0.15, 0.2) is 5.16 Å². The monoisotopic (exact) mass is 184 g/mol. The van der Waals surface area contributed by atoms with Crippen molar-refractivity contribution in [2.45, 2.75) is 32.1 Å². The molecule has 0 aliphatic heterocycles. The SMILES string of the molecule is CN(C)CC1(/C=N\O)CCCCC1. The largest absolute Gasteiger partial charge is 0.411 e. The molecule has 1 rings (SSSR count). The Morgan fingerprint density at radius 3 is 2.38 bits per heavy atom. The van der Waals surface area contributed by atoms with Gasteiger partial charge in [0.05, 0.1) is 6.21 Å². The molecule has 0 saturated heterocycles. The summed E-state index contributed by atoms with van der Waals surface area (Å²) in [7, 11) is 4.14. The Hall–Kier alpha value is -0.570. The van der Waals surface area contributed by atoms with E-state index in [4.69, 9.17) is 5.21 Å². The fraction of sp³-hybridized carbons (Fsp3) is 0.900. The lowest BCUT2D eigenvalue weighted by Crippen LogP contribution is -2.36. The molecule has 0 aromatic heterocycles. The van der Waals surface area contributed by atoms with Crippen molar-refractivity contribution in [2.75, 3.05) is 20.6 Å². The third kappa shape index (κ3) is 2.99. The van der Waals surface area contributed by atoms with E-state index in [1.54, 1.807) is 6.21 Å². The van der Waals surface area contributed by atoms with Crippen molar-refractivity contribution in [3.63, 3.8) is 0 Å². The van der Waals surface area contributed by atoms with Gasteiger partial charge in [-0.05, 0) is 26.9 Å². The number of nitrogens with zero attached hydrogens (tertiary/aromatic N) is 2. The maximum absolute atomic E-state index is 8.65. The van der Waals surface area contributed by atoms with E-state index in [0.717, 1.165) is 19.4 Å². The van der Waals surface area contributed by atoms with Crippen molar-refractivity contribution in [2.24, 2.45) is 10.6 Å². The van der Waals surface area contributed by atoms with Gasteiger partial charge in [-0.15, -0.1) is 5.16 Å². The van der Waals surface area contributed by atoms with Gasteiger partial charge in [-0.2, -0.15) is 0 Å². The van der Waals surface area contributed by atoms with E-state index in [1.807, 2.05) is 0 Å². The first-order valence-corrected chi connectivity index (χ1v) is 5.02. The Balaban J connectivity index is 2.61. The normalized spacial score (nSPS) is 22.7. The first-order chi connectivity index (χ1) is 6.18. The Bertz CT molecular complexity index is 172. The zero-order valence-corrected chi connectivity index (χ0v) is 8.66. The number of oxime groups is 1. The molecule has 0 amide bonds. The summed E-state index contributed by atoms with van der Waals surface area (Å²) in [4.78, 5) is 2.17. The number of hydrogen-bond acceptors (Lipinski definition) is 3. The third-order valence-corrected chi connectivity index (χ3v) is 2.81. The lowest BCUT2D eigenvalue weighted by atomic mass is 9.75. The number of hydrogen-bond donors (Lipinski definition) is 1. The van der Waals surface area contributed by atoms with Gasteiger partial charge in [-0.3, -0.25) is 0 Å². The Kier molecular flexibility index (Phi) is 3.72. The smallest absolute Gasteiger partial charge is 0.0510 e. The van der Waals surface area contributed by atoms with Crippen molar-refractivity contribution in [1.82, 2.24) is 4.90 Å². The molecule has 0 radical (unpaired) electrons. The predicted molar refractivity (Wildman–Crippen MR) is 54.4 cm³/mol. The Morgan fingerprint density at radius 2 is 1.92 bits per heavy atom. The highest BCUT2D eigenvalue weighted by atomic mass is 16.4. The molecule has 0 bridgehead atoms. The van der Waals surface area contributed by atoms with Crippen molar-refractivity contribution in [1.29, 1.82) is 0 Å². The van der Waals surface area contributed by atoms with Crippen LogP contribution < -0.4 is 0 Å². The summed E-state index contributed by atoms with van der Waals surface area (Å²) in [6.45, 7) is 0.997. The van der Waals surface area contributed by atoms with Crippen molar-refractivity contribution >= 4 is 6.21 Å². The summed E-state index contributed by atoms with van der Waals surface area (Å²) >= 11 is 0. The van der Waals surface area contributed by atoms with Gasteiger partial charge in [0.2, 0.25) is 0 Å². The highest BCUT2D eigenvalue weighted by Gasteiger charge is 2.30. The Labute approximate surface area is 80.4 Å². The van der Waals surface area contributed by atoms with Gasteiger partial charge in [0.1, 0.15) is 0 Å². The quantitative estimate of drug-likeness (QED) is 0.413. The maximum Gasteiger partial charge on any atom is 0.0510 e. The number of rotatable bonds is 3. The van der Waals surface area contributed by atoms with Crippen molar-refractivity contribution in [3.05, 3.63) is 0 Å². The minimum Gasteiger partial charge on any atom is -0.411 e. The van der Waals surface area contributed by atoms with Gasteiger partial charge < -0.3 is 10.1 Å². The summed E-state index contributed by atoms with van der Waals surface area (Å²) in [6, 6.07) is 0. The van der Waals surface area contributed by atoms with Gasteiger partial charge in [0.25, 0.3) is 0 Å². The van der Waals surface area contributed by atoms with Crippen molar-refractivity contribution < 1.29 is 5.21 Å². The highest BCUT2D eigenvalue weighted by molar-refractivity contribution is 5.65. The van der Waals surface area contributed by atoms with Crippen LogP contribution in [-0.2, 0) is 0 Å². The molecular formula is C10H20N2O. The van der Waals surface area contributed by atoms with Crippen LogP contribution in [0.25, 0.3) is 0 Å². The van der Waals surface area contributed by atoms with Crippen LogP contribution in [0.3, 0.4) is 0 Å². The van der Waals surface area contributed by atoms with Crippen LogP contribution in [0.2, 0.25) is 0 Å². The summed E-state index contributed by atoms with van der Waals surface area (Å²) in [5, 5.41) is 11.9. The van der Waals surface area contributed by atoms with E-state index >= 15 is 0 Å². The molecule has 0 heterocycles. The second-order valence-corrected chi connectivity index (χ2v) is 4.41. The van der Waals surface area contributed by atoms with E-state index in [2.05, 4.69) is 24.2 Å². The average Bonchev–Trinajstić information content (AvgIpc) is 2.04. The van der Waals surface area contributed by atoms with Crippen LogP contribution in [-0.4, -0.2) is 37.0 Å². The van der Waals surface area contributed by atoms with E-state index in [0.29, 0.717) is 0 Å². The standard InChI is InChI=1S/C10H20N2O/c1-12(2)9-10(8-11-13)6-4-3-5-7-10/h8,13H,3-7,9H2,1-2H3/b11-8-. The summed E-state index contributed by atoms with van der Waals surface area (Å²) in [5.41, 5.74) is 0.135. The van der Waals surface area contributed by atoms with Crippen molar-refractivity contribution in [3.8, 4) is 0 Å². The van der Waals surface area contributed by atoms with Crippen LogP contribution in [0.5, 0.6) is 0 Å². The lowest BCUT2D eigenvalue weighted by molar-refractivity contribution is 0.205.